The maximum Gasteiger partial charge on any atom is 0.223 e. The third-order valence-corrected chi connectivity index (χ3v) is 5.81. The van der Waals surface area contributed by atoms with Crippen LogP contribution < -0.4 is 10.6 Å². The van der Waals surface area contributed by atoms with Gasteiger partial charge in [-0.15, -0.1) is 23.1 Å². The van der Waals surface area contributed by atoms with Crippen LogP contribution in [0.3, 0.4) is 0 Å². The Morgan fingerprint density at radius 1 is 1.21 bits per heavy atom. The molecule has 0 fully saturated rings. The predicted octanol–water partition coefficient (Wildman–Crippen LogP) is 5.00. The van der Waals surface area contributed by atoms with E-state index in [4.69, 9.17) is 0 Å². The average molecular weight is 377 g/mol. The van der Waals surface area contributed by atoms with Crippen LogP contribution >= 0.6 is 34.4 Å². The lowest BCUT2D eigenvalue weighted by Crippen LogP contribution is -2.04. The number of aromatic nitrogens is 2. The molecule has 3 aromatic rings. The van der Waals surface area contributed by atoms with Gasteiger partial charge in [-0.3, -0.25) is 4.79 Å². The van der Waals surface area contributed by atoms with Crippen molar-refractivity contribution in [3.8, 4) is 10.6 Å². The van der Waals surface area contributed by atoms with Gasteiger partial charge >= 0.3 is 0 Å². The molecule has 0 atom stereocenters. The predicted molar refractivity (Wildman–Crippen MR) is 104 cm³/mol. The van der Waals surface area contributed by atoms with Gasteiger partial charge in [-0.2, -0.15) is 0 Å². The number of benzene rings is 1. The summed E-state index contributed by atoms with van der Waals surface area (Å²) in [5.74, 6) is -0.121. The highest BCUT2D eigenvalue weighted by Crippen LogP contribution is 2.36. The number of anilines is 3. The Bertz CT molecular complexity index is 872. The fourth-order valence-corrected chi connectivity index (χ4v) is 4.45. The van der Waals surface area contributed by atoms with Crippen molar-refractivity contribution in [3.05, 3.63) is 35.3 Å². The monoisotopic (exact) mass is 376 g/mol. The summed E-state index contributed by atoms with van der Waals surface area (Å²) in [4.78, 5) is 22.4. The van der Waals surface area contributed by atoms with Gasteiger partial charge < -0.3 is 10.6 Å². The molecule has 2 aromatic heterocycles. The molecule has 0 aliphatic heterocycles. The molecule has 5 nitrogen and oxygen atoms in total. The number of carbonyl (C=O) groups is 1. The van der Waals surface area contributed by atoms with Crippen LogP contribution in [0.25, 0.3) is 10.6 Å². The van der Waals surface area contributed by atoms with E-state index in [1.165, 1.54) is 23.2 Å². The zero-order chi connectivity index (χ0) is 17.1. The first-order chi connectivity index (χ1) is 11.6. The summed E-state index contributed by atoms with van der Waals surface area (Å²) in [5.41, 5.74) is 2.78. The van der Waals surface area contributed by atoms with Gasteiger partial charge in [-0.05, 0) is 25.3 Å². The number of nitrogens with one attached hydrogen (secondary N) is 2. The molecule has 1 aromatic carbocycles. The maximum atomic E-state index is 11.2. The first kappa shape index (κ1) is 16.9. The fourth-order valence-electron chi connectivity index (χ4n) is 2.14. The van der Waals surface area contributed by atoms with Crippen molar-refractivity contribution in [2.75, 3.05) is 16.9 Å². The first-order valence-corrected chi connectivity index (χ1v) is 10.1. The lowest BCUT2D eigenvalue weighted by molar-refractivity contribution is -0.114. The number of thioether (sulfide) groups is 1. The molecule has 3 rings (SSSR count). The fraction of sp³-hybridized carbons (Fsp3) is 0.188. The number of thiazole rings is 2. The zero-order valence-corrected chi connectivity index (χ0v) is 15.9. The second-order valence-corrected chi connectivity index (χ2v) is 7.68. The summed E-state index contributed by atoms with van der Waals surface area (Å²) < 4.78 is 0. The van der Waals surface area contributed by atoms with Gasteiger partial charge in [0.1, 0.15) is 0 Å². The highest BCUT2D eigenvalue weighted by Gasteiger charge is 2.14. The minimum Gasteiger partial charge on any atom is -0.331 e. The summed E-state index contributed by atoms with van der Waals surface area (Å²) in [6.07, 6.45) is 2.05. The maximum absolute atomic E-state index is 11.2. The Labute approximate surface area is 152 Å². The SMILES string of the molecule is CSc1ccccc1Nc1nc(-c2sc(NC(C)=O)nc2C)cs1. The number of para-hydroxylation sites is 1. The van der Waals surface area contributed by atoms with E-state index in [0.29, 0.717) is 5.13 Å². The molecule has 2 N–H and O–H groups in total. The number of hydrogen-bond acceptors (Lipinski definition) is 7. The normalized spacial score (nSPS) is 10.6. The summed E-state index contributed by atoms with van der Waals surface area (Å²) in [7, 11) is 0. The van der Waals surface area contributed by atoms with Crippen LogP contribution in [0.15, 0.2) is 34.5 Å². The standard InChI is InChI=1S/C16H16N4OS3/c1-9-14(24-16(17-9)18-10(2)21)12-8-23-15(20-12)19-11-6-4-5-7-13(11)22-3/h4-8H,1-3H3,(H,19,20)(H,17,18,21). The van der Waals surface area contributed by atoms with Crippen molar-refractivity contribution in [1.82, 2.24) is 9.97 Å². The lowest BCUT2D eigenvalue weighted by Gasteiger charge is -2.07. The minimum absolute atomic E-state index is 0.121. The van der Waals surface area contributed by atoms with Crippen LogP contribution in [0.1, 0.15) is 12.6 Å². The Balaban J connectivity index is 1.83. The van der Waals surface area contributed by atoms with Gasteiger partial charge in [0.2, 0.25) is 5.91 Å². The minimum atomic E-state index is -0.121. The second kappa shape index (κ2) is 7.33. The summed E-state index contributed by atoms with van der Waals surface area (Å²) >= 11 is 4.68. The van der Waals surface area contributed by atoms with E-state index in [9.17, 15) is 4.79 Å². The number of nitrogens with zero attached hydrogens (tertiary/aromatic N) is 2. The molecule has 1 amide bonds. The number of carbonyl (C=O) groups excluding carboxylic acids is 1. The zero-order valence-electron chi connectivity index (χ0n) is 13.4. The van der Waals surface area contributed by atoms with Crippen molar-refractivity contribution in [3.63, 3.8) is 0 Å². The van der Waals surface area contributed by atoms with E-state index in [1.807, 2.05) is 30.5 Å². The molecule has 124 valence electrons. The molecule has 0 radical (unpaired) electrons. The van der Waals surface area contributed by atoms with Gasteiger partial charge in [-0.25, -0.2) is 9.97 Å². The van der Waals surface area contributed by atoms with E-state index in [1.54, 1.807) is 23.1 Å². The van der Waals surface area contributed by atoms with Crippen LogP contribution in [-0.4, -0.2) is 22.1 Å². The third-order valence-electron chi connectivity index (χ3n) is 3.16. The molecule has 0 aliphatic rings. The van der Waals surface area contributed by atoms with Crippen LogP contribution in [-0.2, 0) is 4.79 Å². The molecule has 0 bridgehead atoms. The summed E-state index contributed by atoms with van der Waals surface area (Å²) in [6, 6.07) is 8.15. The quantitative estimate of drug-likeness (QED) is 0.614. The largest absolute Gasteiger partial charge is 0.331 e. The molecule has 8 heteroatoms. The van der Waals surface area contributed by atoms with Crippen LogP contribution in [0.5, 0.6) is 0 Å². The van der Waals surface area contributed by atoms with Crippen LogP contribution in [0, 0.1) is 6.92 Å². The molecule has 24 heavy (non-hydrogen) atoms. The van der Waals surface area contributed by atoms with Gasteiger partial charge in [0.15, 0.2) is 10.3 Å². The smallest absolute Gasteiger partial charge is 0.223 e. The van der Waals surface area contributed by atoms with Gasteiger partial charge in [0.05, 0.1) is 22.0 Å². The molecular formula is C16H16N4OS3. The Morgan fingerprint density at radius 3 is 2.75 bits per heavy atom. The highest BCUT2D eigenvalue weighted by atomic mass is 32.2. The van der Waals surface area contributed by atoms with E-state index < -0.39 is 0 Å². The molecule has 0 spiro atoms. The summed E-state index contributed by atoms with van der Waals surface area (Å²) in [6.45, 7) is 3.40. The molecule has 0 unspecified atom stereocenters. The highest BCUT2D eigenvalue weighted by molar-refractivity contribution is 7.98. The van der Waals surface area contributed by atoms with Crippen molar-refractivity contribution >= 4 is 56.3 Å². The number of rotatable bonds is 5. The van der Waals surface area contributed by atoms with E-state index in [0.717, 1.165) is 27.1 Å². The number of hydrogen-bond donors (Lipinski definition) is 2. The average Bonchev–Trinajstić information content (AvgIpc) is 3.14. The van der Waals surface area contributed by atoms with Crippen molar-refractivity contribution in [1.29, 1.82) is 0 Å². The third kappa shape index (κ3) is 3.77. The Hall–Kier alpha value is -1.90. The number of amides is 1. The Morgan fingerprint density at radius 2 is 2.00 bits per heavy atom. The van der Waals surface area contributed by atoms with Gasteiger partial charge in [0, 0.05) is 17.2 Å². The molecular weight excluding hydrogens is 360 g/mol. The van der Waals surface area contributed by atoms with E-state index in [-0.39, 0.29) is 5.91 Å². The second-order valence-electron chi connectivity index (χ2n) is 4.98. The summed E-state index contributed by atoms with van der Waals surface area (Å²) in [5, 5.41) is 9.53. The Kier molecular flexibility index (Phi) is 5.17. The van der Waals surface area contributed by atoms with Crippen molar-refractivity contribution in [2.24, 2.45) is 0 Å². The molecule has 0 aliphatic carbocycles. The van der Waals surface area contributed by atoms with E-state index in [2.05, 4.69) is 32.9 Å². The van der Waals surface area contributed by atoms with Crippen molar-refractivity contribution in [2.45, 2.75) is 18.7 Å². The van der Waals surface area contributed by atoms with Gasteiger partial charge in [-0.1, -0.05) is 23.5 Å². The number of aryl methyl sites for hydroxylation is 1. The lowest BCUT2D eigenvalue weighted by atomic mass is 10.3. The van der Waals surface area contributed by atoms with E-state index >= 15 is 0 Å². The molecule has 0 saturated heterocycles. The topological polar surface area (TPSA) is 66.9 Å². The first-order valence-electron chi connectivity index (χ1n) is 7.18. The van der Waals surface area contributed by atoms with Gasteiger partial charge in [0.25, 0.3) is 0 Å². The van der Waals surface area contributed by atoms with Crippen LogP contribution in [0.2, 0.25) is 0 Å². The molecule has 2 heterocycles. The molecule has 0 saturated carbocycles. The van der Waals surface area contributed by atoms with Crippen molar-refractivity contribution < 1.29 is 4.79 Å². The van der Waals surface area contributed by atoms with Crippen LogP contribution in [0.4, 0.5) is 16.0 Å².